The molecule has 1 amide bonds. The van der Waals surface area contributed by atoms with Crippen LogP contribution < -0.4 is 5.43 Å². The molecule has 0 aliphatic heterocycles. The fourth-order valence-corrected chi connectivity index (χ4v) is 1.88. The summed E-state index contributed by atoms with van der Waals surface area (Å²) in [4.78, 5) is 22.3. The van der Waals surface area contributed by atoms with Gasteiger partial charge in [0.1, 0.15) is 0 Å². The minimum Gasteiger partial charge on any atom is -0.481 e. The maximum atomic E-state index is 11.5. The molecule has 5 nitrogen and oxygen atoms in total. The number of carboxylic acids is 1. The highest BCUT2D eigenvalue weighted by molar-refractivity contribution is 5.91. The van der Waals surface area contributed by atoms with E-state index in [1.807, 2.05) is 0 Å². The lowest BCUT2D eigenvalue weighted by molar-refractivity contribution is -0.141. The fourth-order valence-electron chi connectivity index (χ4n) is 1.88. The first-order chi connectivity index (χ1) is 6.28. The molecular weight excluding hydrogens is 184 g/mol. The second kappa shape index (κ2) is 3.24. The molecule has 5 heteroatoms. The number of hydrogen-bond donors (Lipinski definition) is 2. The van der Waals surface area contributed by atoms with Gasteiger partial charge in [-0.2, -0.15) is 0 Å². The number of rotatable bonds is 3. The Morgan fingerprint density at radius 1 is 1.29 bits per heavy atom. The van der Waals surface area contributed by atoms with Gasteiger partial charge < -0.3 is 5.11 Å². The lowest BCUT2D eigenvalue weighted by Crippen LogP contribution is -2.38. The molecule has 0 bridgehead atoms. The molecule has 1 saturated carbocycles. The summed E-state index contributed by atoms with van der Waals surface area (Å²) in [5.41, 5.74) is 2.15. The molecule has 1 rings (SSSR count). The van der Waals surface area contributed by atoms with Crippen molar-refractivity contribution in [1.82, 2.24) is 10.4 Å². The third-order valence-electron chi connectivity index (χ3n) is 2.71. The molecule has 0 aromatic carbocycles. The fraction of sp³-hybridized carbons (Fsp3) is 0.778. The van der Waals surface area contributed by atoms with Gasteiger partial charge in [0, 0.05) is 14.1 Å². The minimum absolute atomic E-state index is 0.215. The van der Waals surface area contributed by atoms with E-state index in [2.05, 4.69) is 5.43 Å². The van der Waals surface area contributed by atoms with E-state index < -0.39 is 23.2 Å². The molecule has 2 atom stereocenters. The zero-order valence-corrected chi connectivity index (χ0v) is 8.87. The van der Waals surface area contributed by atoms with Crippen molar-refractivity contribution in [2.75, 3.05) is 14.1 Å². The summed E-state index contributed by atoms with van der Waals surface area (Å²) in [6.07, 6.45) is 0. The van der Waals surface area contributed by atoms with Gasteiger partial charge in [0.25, 0.3) is 0 Å². The number of nitrogens with zero attached hydrogens (tertiary/aromatic N) is 1. The Balaban J connectivity index is 2.64. The van der Waals surface area contributed by atoms with Crippen molar-refractivity contribution >= 4 is 11.9 Å². The van der Waals surface area contributed by atoms with E-state index in [1.165, 1.54) is 5.01 Å². The van der Waals surface area contributed by atoms with Gasteiger partial charge in [0.15, 0.2) is 0 Å². The predicted molar refractivity (Wildman–Crippen MR) is 50.2 cm³/mol. The Kier molecular flexibility index (Phi) is 2.54. The summed E-state index contributed by atoms with van der Waals surface area (Å²) in [6.45, 7) is 3.59. The summed E-state index contributed by atoms with van der Waals surface area (Å²) in [7, 11) is 3.39. The van der Waals surface area contributed by atoms with Crippen LogP contribution in [-0.2, 0) is 9.59 Å². The Labute approximate surface area is 83.1 Å². The summed E-state index contributed by atoms with van der Waals surface area (Å²) >= 11 is 0. The summed E-state index contributed by atoms with van der Waals surface area (Å²) in [5.74, 6) is -2.08. The highest BCUT2D eigenvalue weighted by atomic mass is 16.4. The topological polar surface area (TPSA) is 69.6 Å². The summed E-state index contributed by atoms with van der Waals surface area (Å²) in [6, 6.07) is 0. The number of carbonyl (C=O) groups is 2. The van der Waals surface area contributed by atoms with Gasteiger partial charge >= 0.3 is 5.97 Å². The van der Waals surface area contributed by atoms with E-state index in [0.717, 1.165) is 0 Å². The van der Waals surface area contributed by atoms with Crippen molar-refractivity contribution in [1.29, 1.82) is 0 Å². The number of carbonyl (C=O) groups excluding carboxylic acids is 1. The molecule has 1 aliphatic rings. The molecule has 1 aliphatic carbocycles. The van der Waals surface area contributed by atoms with Crippen LogP contribution in [0.3, 0.4) is 0 Å². The molecule has 0 heterocycles. The maximum Gasteiger partial charge on any atom is 0.307 e. The van der Waals surface area contributed by atoms with Gasteiger partial charge in [0.2, 0.25) is 5.91 Å². The zero-order valence-electron chi connectivity index (χ0n) is 8.87. The van der Waals surface area contributed by atoms with Crippen LogP contribution in [0.4, 0.5) is 0 Å². The minimum atomic E-state index is -0.895. The number of aliphatic carboxylic acids is 1. The molecule has 0 unspecified atom stereocenters. The van der Waals surface area contributed by atoms with Crippen LogP contribution in [0.25, 0.3) is 0 Å². The lowest BCUT2D eigenvalue weighted by Gasteiger charge is -2.11. The van der Waals surface area contributed by atoms with E-state index >= 15 is 0 Å². The van der Waals surface area contributed by atoms with E-state index in [4.69, 9.17) is 5.11 Å². The number of nitrogens with one attached hydrogen (secondary N) is 1. The van der Waals surface area contributed by atoms with Crippen LogP contribution in [0.1, 0.15) is 13.8 Å². The highest BCUT2D eigenvalue weighted by Gasteiger charge is 2.65. The Morgan fingerprint density at radius 3 is 2.07 bits per heavy atom. The number of hydrazine groups is 1. The predicted octanol–water partition coefficient (Wildman–Crippen LogP) is -0.0640. The molecule has 14 heavy (non-hydrogen) atoms. The van der Waals surface area contributed by atoms with Crippen LogP contribution in [0.15, 0.2) is 0 Å². The standard InChI is InChI=1S/C9H16N2O3/c1-9(2)5(6(9)8(13)14)7(12)10-11(3)4/h5-6H,1-4H3,(H,10,12)(H,13,14)/t5-,6+/m1/s1. The Bertz CT molecular complexity index is 273. The second-order valence-corrected chi connectivity index (χ2v) is 4.49. The molecule has 2 N–H and O–H groups in total. The van der Waals surface area contributed by atoms with E-state index in [-0.39, 0.29) is 5.91 Å². The average molecular weight is 200 g/mol. The van der Waals surface area contributed by atoms with Gasteiger partial charge in [-0.1, -0.05) is 13.8 Å². The van der Waals surface area contributed by atoms with Crippen molar-refractivity contribution < 1.29 is 14.7 Å². The zero-order chi connectivity index (χ0) is 11.1. The van der Waals surface area contributed by atoms with Crippen molar-refractivity contribution in [3.8, 4) is 0 Å². The largest absolute Gasteiger partial charge is 0.481 e. The molecule has 0 aromatic heterocycles. The first kappa shape index (κ1) is 11.0. The summed E-state index contributed by atoms with van der Waals surface area (Å²) < 4.78 is 0. The molecule has 0 saturated heterocycles. The van der Waals surface area contributed by atoms with Crippen molar-refractivity contribution in [2.45, 2.75) is 13.8 Å². The first-order valence-corrected chi connectivity index (χ1v) is 4.49. The smallest absolute Gasteiger partial charge is 0.307 e. The van der Waals surface area contributed by atoms with Gasteiger partial charge in [-0.25, -0.2) is 5.01 Å². The lowest BCUT2D eigenvalue weighted by atomic mass is 10.1. The molecule has 1 fully saturated rings. The van der Waals surface area contributed by atoms with Gasteiger partial charge in [-0.3, -0.25) is 15.0 Å². The SMILES string of the molecule is CN(C)NC(=O)[C@H]1[C@@H](C(=O)O)C1(C)C. The van der Waals surface area contributed by atoms with E-state index in [1.54, 1.807) is 27.9 Å². The quantitative estimate of drug-likeness (QED) is 0.626. The monoisotopic (exact) mass is 200 g/mol. The number of amides is 1. The third kappa shape index (κ3) is 1.72. The number of hydrogen-bond acceptors (Lipinski definition) is 3. The molecular formula is C9H16N2O3. The van der Waals surface area contributed by atoms with E-state index in [0.29, 0.717) is 0 Å². The van der Waals surface area contributed by atoms with Crippen LogP contribution in [-0.4, -0.2) is 36.1 Å². The molecule has 0 radical (unpaired) electrons. The van der Waals surface area contributed by atoms with Crippen LogP contribution in [0.2, 0.25) is 0 Å². The van der Waals surface area contributed by atoms with Gasteiger partial charge in [-0.05, 0) is 5.41 Å². The second-order valence-electron chi connectivity index (χ2n) is 4.49. The van der Waals surface area contributed by atoms with Crippen LogP contribution >= 0.6 is 0 Å². The Hall–Kier alpha value is -1.10. The molecule has 80 valence electrons. The van der Waals surface area contributed by atoms with Crippen LogP contribution in [0.5, 0.6) is 0 Å². The maximum absolute atomic E-state index is 11.5. The van der Waals surface area contributed by atoms with Crippen molar-refractivity contribution in [3.05, 3.63) is 0 Å². The first-order valence-electron chi connectivity index (χ1n) is 4.49. The van der Waals surface area contributed by atoms with Crippen molar-refractivity contribution in [3.63, 3.8) is 0 Å². The third-order valence-corrected chi connectivity index (χ3v) is 2.71. The van der Waals surface area contributed by atoms with Crippen molar-refractivity contribution in [2.24, 2.45) is 17.3 Å². The van der Waals surface area contributed by atoms with E-state index in [9.17, 15) is 9.59 Å². The molecule has 0 spiro atoms. The Morgan fingerprint density at radius 2 is 1.79 bits per heavy atom. The highest BCUT2D eigenvalue weighted by Crippen LogP contribution is 2.58. The number of carboxylic acid groups (broad SMARTS) is 1. The van der Waals surface area contributed by atoms with Crippen LogP contribution in [0, 0.1) is 17.3 Å². The normalized spacial score (nSPS) is 28.6. The average Bonchev–Trinajstić information content (AvgIpc) is 2.51. The van der Waals surface area contributed by atoms with Gasteiger partial charge in [0.05, 0.1) is 11.8 Å². The van der Waals surface area contributed by atoms with Gasteiger partial charge in [-0.15, -0.1) is 0 Å². The molecule has 0 aromatic rings. The summed E-state index contributed by atoms with van der Waals surface area (Å²) in [5, 5.41) is 10.4.